The highest BCUT2D eigenvalue weighted by atomic mass is 32.1. The fourth-order valence-corrected chi connectivity index (χ4v) is 4.15. The minimum absolute atomic E-state index is 0.0848. The number of nitrogens with one attached hydrogen (secondary N) is 1. The first-order chi connectivity index (χ1) is 13.6. The molecule has 3 heterocycles. The van der Waals surface area contributed by atoms with Gasteiger partial charge in [-0.1, -0.05) is 0 Å². The molecule has 2 aromatic heterocycles. The molecule has 1 aliphatic rings. The van der Waals surface area contributed by atoms with Crippen LogP contribution in [0.15, 0.2) is 18.3 Å². The minimum atomic E-state index is -1.44. The normalized spacial score (nSPS) is 18.1. The number of nitrogens with zero attached hydrogens (tertiary/aromatic N) is 3. The lowest BCUT2D eigenvalue weighted by Gasteiger charge is -2.23. The van der Waals surface area contributed by atoms with Crippen molar-refractivity contribution in [1.82, 2.24) is 20.2 Å². The summed E-state index contributed by atoms with van der Waals surface area (Å²) in [6.07, 6.45) is 1.83. The molecule has 9 heteroatoms. The van der Waals surface area contributed by atoms with E-state index in [0.29, 0.717) is 17.0 Å². The molecule has 1 amide bonds. The first-order valence-electron chi connectivity index (χ1n) is 9.50. The third-order valence-electron chi connectivity index (χ3n) is 4.69. The maximum absolute atomic E-state index is 14.4. The molecule has 1 fully saturated rings. The second-order valence-electron chi connectivity index (χ2n) is 8.22. The van der Waals surface area contributed by atoms with Gasteiger partial charge < -0.3 is 10.0 Å². The van der Waals surface area contributed by atoms with Crippen LogP contribution >= 0.6 is 11.3 Å². The Labute approximate surface area is 173 Å². The average Bonchev–Trinajstić information content (AvgIpc) is 3.26. The maximum atomic E-state index is 14.4. The summed E-state index contributed by atoms with van der Waals surface area (Å²) in [7, 11) is 0. The zero-order valence-corrected chi connectivity index (χ0v) is 17.7. The molecule has 0 aliphatic carbocycles. The molecular weight excluding hydrogens is 395 g/mol. The van der Waals surface area contributed by atoms with Gasteiger partial charge in [0.25, 0.3) is 5.91 Å². The van der Waals surface area contributed by atoms with Crippen molar-refractivity contribution in [2.45, 2.75) is 58.4 Å². The molecule has 1 saturated heterocycles. The van der Waals surface area contributed by atoms with Crippen molar-refractivity contribution in [1.29, 1.82) is 0 Å². The topological polar surface area (TPSA) is 95.4 Å². The first kappa shape index (κ1) is 21.3. The molecule has 0 unspecified atom stereocenters. The zero-order valence-electron chi connectivity index (χ0n) is 16.9. The summed E-state index contributed by atoms with van der Waals surface area (Å²) in [5.74, 6) is -1.47. The van der Waals surface area contributed by atoms with Crippen LogP contribution in [0.3, 0.4) is 0 Å². The van der Waals surface area contributed by atoms with Gasteiger partial charge in [-0.15, -0.1) is 11.3 Å². The summed E-state index contributed by atoms with van der Waals surface area (Å²) in [5, 5.41) is 12.0. The summed E-state index contributed by atoms with van der Waals surface area (Å²) < 4.78 is 14.4. The SMILES string of the molecule is C[C@H]1CCCN1C(=O)c1nc(C(=O)O)sc1-c1ccc([C@H](F)NC(C)(C)C)nc1. The predicted molar refractivity (Wildman–Crippen MR) is 109 cm³/mol. The van der Waals surface area contributed by atoms with Crippen LogP contribution in [-0.2, 0) is 0 Å². The number of thiazole rings is 1. The number of carbonyl (C=O) groups excluding carboxylic acids is 1. The first-order valence-corrected chi connectivity index (χ1v) is 10.3. The summed E-state index contributed by atoms with van der Waals surface area (Å²) in [6.45, 7) is 8.16. The molecule has 3 rings (SSSR count). The molecule has 2 atom stereocenters. The number of carboxylic acids is 1. The van der Waals surface area contributed by atoms with Crippen LogP contribution in [-0.4, -0.2) is 50.0 Å². The highest BCUT2D eigenvalue weighted by Gasteiger charge is 2.31. The number of hydrogen-bond acceptors (Lipinski definition) is 6. The molecular formula is C20H25FN4O3S. The van der Waals surface area contributed by atoms with E-state index in [1.165, 1.54) is 12.3 Å². The molecule has 0 aromatic carbocycles. The summed E-state index contributed by atoms with van der Waals surface area (Å²) in [4.78, 5) is 34.9. The number of hydrogen-bond donors (Lipinski definition) is 2. The van der Waals surface area contributed by atoms with Crippen LogP contribution in [0.25, 0.3) is 10.4 Å². The molecule has 0 bridgehead atoms. The quantitative estimate of drug-likeness (QED) is 0.713. The van der Waals surface area contributed by atoms with E-state index >= 15 is 0 Å². The van der Waals surface area contributed by atoms with Gasteiger partial charge in [0.15, 0.2) is 6.30 Å². The second kappa shape index (κ2) is 8.16. The van der Waals surface area contributed by atoms with Gasteiger partial charge in [-0.3, -0.25) is 15.1 Å². The van der Waals surface area contributed by atoms with E-state index in [2.05, 4.69) is 15.3 Å². The largest absolute Gasteiger partial charge is 0.476 e. The van der Waals surface area contributed by atoms with Gasteiger partial charge in [-0.05, 0) is 52.7 Å². The molecule has 0 saturated carbocycles. The monoisotopic (exact) mass is 420 g/mol. The Bertz CT molecular complexity index is 907. The number of amides is 1. The van der Waals surface area contributed by atoms with Gasteiger partial charge in [-0.2, -0.15) is 0 Å². The van der Waals surface area contributed by atoms with Crippen molar-refractivity contribution in [3.63, 3.8) is 0 Å². The van der Waals surface area contributed by atoms with E-state index in [4.69, 9.17) is 0 Å². The van der Waals surface area contributed by atoms with E-state index in [1.807, 2.05) is 27.7 Å². The van der Waals surface area contributed by atoms with Crippen molar-refractivity contribution in [3.8, 4) is 10.4 Å². The van der Waals surface area contributed by atoms with Crippen LogP contribution in [0.2, 0.25) is 0 Å². The van der Waals surface area contributed by atoms with Gasteiger partial charge in [-0.25, -0.2) is 14.2 Å². The number of carboxylic acid groups (broad SMARTS) is 1. The van der Waals surface area contributed by atoms with E-state index < -0.39 is 17.8 Å². The van der Waals surface area contributed by atoms with Gasteiger partial charge in [0.1, 0.15) is 5.69 Å². The van der Waals surface area contributed by atoms with Gasteiger partial charge >= 0.3 is 5.97 Å². The summed E-state index contributed by atoms with van der Waals surface area (Å²) in [6, 6.07) is 3.26. The Morgan fingerprint density at radius 1 is 1.38 bits per heavy atom. The minimum Gasteiger partial charge on any atom is -0.476 e. The van der Waals surface area contributed by atoms with Crippen molar-refractivity contribution < 1.29 is 19.1 Å². The standard InChI is InChI=1S/C20H25FN4O3S/c1-11-6-5-9-25(11)18(26)14-15(29-17(23-14)19(27)28)12-7-8-13(22-10-12)16(21)24-20(2,3)4/h7-8,10-11,16,24H,5-6,9H2,1-4H3,(H,27,28)/t11-,16+/m0/s1. The summed E-state index contributed by atoms with van der Waals surface area (Å²) >= 11 is 0.926. The molecule has 0 spiro atoms. The Kier molecular flexibility index (Phi) is 6.00. The van der Waals surface area contributed by atoms with Crippen molar-refractivity contribution >= 4 is 23.2 Å². The van der Waals surface area contributed by atoms with Crippen LogP contribution in [0.1, 0.15) is 72.8 Å². The number of halogens is 1. The molecule has 2 aromatic rings. The summed E-state index contributed by atoms with van der Waals surface area (Å²) in [5.41, 5.74) is 0.449. The van der Waals surface area contributed by atoms with Crippen molar-refractivity contribution in [2.24, 2.45) is 0 Å². The van der Waals surface area contributed by atoms with Gasteiger partial charge in [0, 0.05) is 29.9 Å². The molecule has 7 nitrogen and oxygen atoms in total. The third-order valence-corrected chi connectivity index (χ3v) is 5.79. The fourth-order valence-electron chi connectivity index (χ4n) is 3.27. The Morgan fingerprint density at radius 3 is 2.62 bits per heavy atom. The fraction of sp³-hybridized carbons (Fsp3) is 0.500. The van der Waals surface area contributed by atoms with Crippen LogP contribution in [0.5, 0.6) is 0 Å². The number of rotatable bonds is 5. The molecule has 0 radical (unpaired) electrons. The average molecular weight is 421 g/mol. The van der Waals surface area contributed by atoms with Crippen molar-refractivity contribution in [3.05, 3.63) is 34.7 Å². The number of alkyl halides is 1. The number of carbonyl (C=O) groups is 2. The number of aromatic nitrogens is 2. The highest BCUT2D eigenvalue weighted by molar-refractivity contribution is 7.17. The number of aromatic carboxylic acids is 1. The van der Waals surface area contributed by atoms with E-state index in [0.717, 1.165) is 24.2 Å². The maximum Gasteiger partial charge on any atom is 0.365 e. The molecule has 156 valence electrons. The Morgan fingerprint density at radius 2 is 2.10 bits per heavy atom. The number of pyridine rings is 1. The van der Waals surface area contributed by atoms with E-state index in [-0.39, 0.29) is 28.3 Å². The van der Waals surface area contributed by atoms with Crippen LogP contribution < -0.4 is 5.32 Å². The number of likely N-dealkylation sites (tertiary alicyclic amines) is 1. The predicted octanol–water partition coefficient (Wildman–Crippen LogP) is 3.88. The van der Waals surface area contributed by atoms with E-state index in [1.54, 1.807) is 11.0 Å². The Hall–Kier alpha value is -2.39. The third kappa shape index (κ3) is 4.79. The Balaban J connectivity index is 1.93. The highest BCUT2D eigenvalue weighted by Crippen LogP contribution is 2.33. The molecule has 29 heavy (non-hydrogen) atoms. The second-order valence-corrected chi connectivity index (χ2v) is 9.22. The van der Waals surface area contributed by atoms with Crippen molar-refractivity contribution in [2.75, 3.05) is 6.54 Å². The smallest absolute Gasteiger partial charge is 0.365 e. The molecule has 2 N–H and O–H groups in total. The lowest BCUT2D eigenvalue weighted by Crippen LogP contribution is -2.37. The lowest BCUT2D eigenvalue weighted by atomic mass is 10.1. The van der Waals surface area contributed by atoms with Gasteiger partial charge in [0.05, 0.1) is 10.6 Å². The zero-order chi connectivity index (χ0) is 21.3. The van der Waals surface area contributed by atoms with E-state index in [9.17, 15) is 19.1 Å². The van der Waals surface area contributed by atoms with Gasteiger partial charge in [0.2, 0.25) is 5.01 Å². The molecule has 1 aliphatic heterocycles. The van der Waals surface area contributed by atoms with Crippen LogP contribution in [0, 0.1) is 0 Å². The van der Waals surface area contributed by atoms with Crippen LogP contribution in [0.4, 0.5) is 4.39 Å². The lowest BCUT2D eigenvalue weighted by molar-refractivity contribution is 0.0696.